The van der Waals surface area contributed by atoms with E-state index in [0.29, 0.717) is 35.8 Å². The molecule has 0 radical (unpaired) electrons. The highest BCUT2D eigenvalue weighted by Crippen LogP contribution is 2.39. The molecule has 1 aromatic carbocycles. The minimum Gasteiger partial charge on any atom is -0.493 e. The number of methoxy groups -OCH3 is 3. The van der Waals surface area contributed by atoms with Gasteiger partial charge in [0.05, 0.1) is 27.9 Å². The van der Waals surface area contributed by atoms with Crippen LogP contribution in [0.1, 0.15) is 33.3 Å². The second kappa shape index (κ2) is 9.90. The zero-order valence-corrected chi connectivity index (χ0v) is 15.9. The SMILES string of the molecule is CCNC(=NCc1ccc(OC)c(OC)c1OC)NC(C)C(C)C. The van der Waals surface area contributed by atoms with E-state index < -0.39 is 0 Å². The predicted molar refractivity (Wildman–Crippen MR) is 98.3 cm³/mol. The van der Waals surface area contributed by atoms with Gasteiger partial charge in [-0.1, -0.05) is 13.8 Å². The highest BCUT2D eigenvalue weighted by molar-refractivity contribution is 5.80. The number of aliphatic imine (C=N–C) groups is 1. The summed E-state index contributed by atoms with van der Waals surface area (Å²) in [6.07, 6.45) is 0. The summed E-state index contributed by atoms with van der Waals surface area (Å²) in [7, 11) is 4.83. The predicted octanol–water partition coefficient (Wildman–Crippen LogP) is 2.81. The maximum atomic E-state index is 5.51. The van der Waals surface area contributed by atoms with Gasteiger partial charge in [-0.25, -0.2) is 4.99 Å². The van der Waals surface area contributed by atoms with Crippen molar-refractivity contribution in [2.45, 2.75) is 40.3 Å². The Morgan fingerprint density at radius 2 is 1.71 bits per heavy atom. The van der Waals surface area contributed by atoms with Crippen LogP contribution in [0.25, 0.3) is 0 Å². The highest BCUT2D eigenvalue weighted by Gasteiger charge is 2.16. The molecule has 0 bridgehead atoms. The third kappa shape index (κ3) is 5.22. The van der Waals surface area contributed by atoms with Gasteiger partial charge in [0.1, 0.15) is 0 Å². The Balaban J connectivity index is 3.04. The molecule has 1 rings (SSSR count). The minimum absolute atomic E-state index is 0.329. The Hall–Kier alpha value is -2.11. The third-order valence-electron chi connectivity index (χ3n) is 3.90. The summed E-state index contributed by atoms with van der Waals surface area (Å²) in [5, 5.41) is 6.69. The van der Waals surface area contributed by atoms with Gasteiger partial charge in [-0.2, -0.15) is 0 Å². The first kappa shape index (κ1) is 19.9. The third-order valence-corrected chi connectivity index (χ3v) is 3.90. The van der Waals surface area contributed by atoms with Crippen molar-refractivity contribution in [2.24, 2.45) is 10.9 Å². The summed E-state index contributed by atoms with van der Waals surface area (Å²) in [5.74, 6) is 3.18. The molecule has 2 N–H and O–H groups in total. The van der Waals surface area contributed by atoms with Gasteiger partial charge in [-0.05, 0) is 31.9 Å². The van der Waals surface area contributed by atoms with Gasteiger partial charge >= 0.3 is 0 Å². The quantitative estimate of drug-likeness (QED) is 0.564. The Bertz CT molecular complexity index is 545. The van der Waals surface area contributed by atoms with Gasteiger partial charge in [0, 0.05) is 18.2 Å². The largest absolute Gasteiger partial charge is 0.493 e. The lowest BCUT2D eigenvalue weighted by Gasteiger charge is -2.21. The van der Waals surface area contributed by atoms with Crippen LogP contribution in [0.2, 0.25) is 0 Å². The summed E-state index contributed by atoms with van der Waals surface area (Å²) < 4.78 is 16.2. The van der Waals surface area contributed by atoms with E-state index in [2.05, 4.69) is 36.4 Å². The fraction of sp³-hybridized carbons (Fsp3) is 0.611. The normalized spacial score (nSPS) is 12.8. The number of hydrogen-bond acceptors (Lipinski definition) is 4. The van der Waals surface area contributed by atoms with Crippen LogP contribution >= 0.6 is 0 Å². The van der Waals surface area contributed by atoms with Crippen LogP contribution in [0.4, 0.5) is 0 Å². The molecule has 1 unspecified atom stereocenters. The molecule has 0 aliphatic rings. The van der Waals surface area contributed by atoms with Gasteiger partial charge in [-0.15, -0.1) is 0 Å². The number of nitrogens with one attached hydrogen (secondary N) is 2. The fourth-order valence-electron chi connectivity index (χ4n) is 2.15. The van der Waals surface area contributed by atoms with E-state index in [1.165, 1.54) is 0 Å². The second-order valence-electron chi connectivity index (χ2n) is 5.87. The molecule has 0 aromatic heterocycles. The summed E-state index contributed by atoms with van der Waals surface area (Å²) in [5.41, 5.74) is 0.935. The molecule has 0 amide bonds. The zero-order valence-electron chi connectivity index (χ0n) is 15.9. The number of ether oxygens (including phenoxy) is 3. The molecule has 1 aromatic rings. The molecular weight excluding hydrogens is 306 g/mol. The zero-order chi connectivity index (χ0) is 18.1. The van der Waals surface area contributed by atoms with Crippen molar-refractivity contribution in [3.05, 3.63) is 17.7 Å². The Morgan fingerprint density at radius 3 is 2.21 bits per heavy atom. The van der Waals surface area contributed by atoms with Gasteiger partial charge < -0.3 is 24.8 Å². The first-order chi connectivity index (χ1) is 11.5. The Kier molecular flexibility index (Phi) is 8.22. The number of hydrogen-bond donors (Lipinski definition) is 2. The van der Waals surface area contributed by atoms with E-state index in [1.54, 1.807) is 21.3 Å². The number of rotatable bonds is 8. The van der Waals surface area contributed by atoms with E-state index >= 15 is 0 Å². The number of benzene rings is 1. The molecule has 1 atom stereocenters. The van der Waals surface area contributed by atoms with Crippen molar-refractivity contribution >= 4 is 5.96 Å². The van der Waals surface area contributed by atoms with E-state index in [9.17, 15) is 0 Å². The average Bonchev–Trinajstić information content (AvgIpc) is 2.58. The molecule has 136 valence electrons. The molecule has 0 saturated carbocycles. The topological polar surface area (TPSA) is 64.1 Å². The van der Waals surface area contributed by atoms with Crippen LogP contribution in [-0.4, -0.2) is 39.9 Å². The van der Waals surface area contributed by atoms with Crippen LogP contribution < -0.4 is 24.8 Å². The molecule has 0 aliphatic carbocycles. The summed E-state index contributed by atoms with van der Waals surface area (Å²) >= 11 is 0. The van der Waals surface area contributed by atoms with E-state index in [1.807, 2.05) is 19.1 Å². The van der Waals surface area contributed by atoms with Crippen molar-refractivity contribution in [2.75, 3.05) is 27.9 Å². The maximum Gasteiger partial charge on any atom is 0.203 e. The molecule has 0 fully saturated rings. The lowest BCUT2D eigenvalue weighted by atomic mass is 10.1. The molecule has 0 saturated heterocycles. The first-order valence-corrected chi connectivity index (χ1v) is 8.31. The van der Waals surface area contributed by atoms with E-state index in [4.69, 9.17) is 14.2 Å². The second-order valence-corrected chi connectivity index (χ2v) is 5.87. The molecule has 6 nitrogen and oxygen atoms in total. The summed E-state index contributed by atoms with van der Waals surface area (Å²) in [6, 6.07) is 4.14. The lowest BCUT2D eigenvalue weighted by molar-refractivity contribution is 0.322. The van der Waals surface area contributed by atoms with Crippen molar-refractivity contribution in [3.8, 4) is 17.2 Å². The summed E-state index contributed by atoms with van der Waals surface area (Å²) in [6.45, 7) is 9.84. The summed E-state index contributed by atoms with van der Waals surface area (Å²) in [4.78, 5) is 4.66. The number of guanidine groups is 1. The molecular formula is C18H31N3O3. The number of nitrogens with zero attached hydrogens (tertiary/aromatic N) is 1. The highest BCUT2D eigenvalue weighted by atomic mass is 16.5. The van der Waals surface area contributed by atoms with Crippen LogP contribution in [0.5, 0.6) is 17.2 Å². The van der Waals surface area contributed by atoms with E-state index in [0.717, 1.165) is 18.1 Å². The molecule has 0 aliphatic heterocycles. The lowest BCUT2D eigenvalue weighted by Crippen LogP contribution is -2.44. The maximum absolute atomic E-state index is 5.51. The average molecular weight is 337 g/mol. The van der Waals surface area contributed by atoms with Gasteiger partial charge in [0.15, 0.2) is 17.5 Å². The molecule has 0 spiro atoms. The molecule has 6 heteroatoms. The van der Waals surface area contributed by atoms with Crippen molar-refractivity contribution in [1.82, 2.24) is 10.6 Å². The smallest absolute Gasteiger partial charge is 0.203 e. The molecule has 0 heterocycles. The Labute approximate surface area is 145 Å². The van der Waals surface area contributed by atoms with Gasteiger partial charge in [-0.3, -0.25) is 0 Å². The standard InChI is InChI=1S/C18H31N3O3/c1-8-19-18(21-13(4)12(2)3)20-11-14-9-10-15(22-5)17(24-7)16(14)23-6/h9-10,12-13H,8,11H2,1-7H3,(H2,19,20,21). The van der Waals surface area contributed by atoms with Crippen LogP contribution in [0.3, 0.4) is 0 Å². The van der Waals surface area contributed by atoms with E-state index in [-0.39, 0.29) is 0 Å². The Morgan fingerprint density at radius 1 is 1.04 bits per heavy atom. The van der Waals surface area contributed by atoms with Crippen LogP contribution in [0.15, 0.2) is 17.1 Å². The monoisotopic (exact) mass is 337 g/mol. The van der Waals surface area contributed by atoms with Crippen LogP contribution in [-0.2, 0) is 6.54 Å². The van der Waals surface area contributed by atoms with Crippen molar-refractivity contribution in [1.29, 1.82) is 0 Å². The first-order valence-electron chi connectivity index (χ1n) is 8.31. The van der Waals surface area contributed by atoms with Crippen LogP contribution in [0, 0.1) is 5.92 Å². The van der Waals surface area contributed by atoms with Gasteiger partial charge in [0.25, 0.3) is 0 Å². The van der Waals surface area contributed by atoms with Gasteiger partial charge in [0.2, 0.25) is 5.75 Å². The molecule has 24 heavy (non-hydrogen) atoms. The fourth-order valence-corrected chi connectivity index (χ4v) is 2.15. The van der Waals surface area contributed by atoms with Crippen molar-refractivity contribution in [3.63, 3.8) is 0 Å². The minimum atomic E-state index is 0.329. The van der Waals surface area contributed by atoms with Crippen molar-refractivity contribution < 1.29 is 14.2 Å².